The maximum atomic E-state index is 13.8. The Morgan fingerprint density at radius 3 is 2.62 bits per heavy atom. The number of hydrogen-bond donors (Lipinski definition) is 1. The Hall–Kier alpha value is -1.88. The third kappa shape index (κ3) is 4.81. The molecule has 0 amide bonds. The van der Waals surface area contributed by atoms with Crippen LogP contribution in [0.2, 0.25) is 0 Å². The summed E-state index contributed by atoms with van der Waals surface area (Å²) in [4.78, 5) is 2.09. The van der Waals surface area contributed by atoms with Gasteiger partial charge in [0, 0.05) is 12.2 Å². The number of thiocarbonyl (C=S) groups is 1. The number of rotatable bonds is 6. The molecular formula is C19H25FN2OS. The smallest absolute Gasteiger partial charge is 0.174 e. The molecule has 0 aliphatic heterocycles. The van der Waals surface area contributed by atoms with E-state index in [4.69, 9.17) is 16.6 Å². The summed E-state index contributed by atoms with van der Waals surface area (Å²) in [5.74, 6) is 1.18. The Balaban J connectivity index is 2.15. The van der Waals surface area contributed by atoms with Gasteiger partial charge in [0.2, 0.25) is 0 Å². The topological polar surface area (TPSA) is 28.4 Å². The van der Waals surface area contributed by atoms with Gasteiger partial charge in [0.05, 0.1) is 12.3 Å². The second-order valence-electron chi connectivity index (χ2n) is 6.46. The number of hydrogen-bond acceptors (Lipinski definition) is 2. The Kier molecular flexibility index (Phi) is 6.37. The Bertz CT molecular complexity index is 670. The maximum Gasteiger partial charge on any atom is 0.174 e. The number of anilines is 1. The van der Waals surface area contributed by atoms with E-state index >= 15 is 0 Å². The van der Waals surface area contributed by atoms with Gasteiger partial charge >= 0.3 is 0 Å². The first kappa shape index (κ1) is 18.5. The minimum atomic E-state index is -0.240. The Labute approximate surface area is 148 Å². The van der Waals surface area contributed by atoms with E-state index in [1.165, 1.54) is 6.07 Å². The molecule has 2 rings (SSSR count). The molecule has 0 aliphatic carbocycles. The van der Waals surface area contributed by atoms with Gasteiger partial charge in [-0.2, -0.15) is 0 Å². The van der Waals surface area contributed by atoms with Gasteiger partial charge in [-0.25, -0.2) is 4.39 Å². The first-order valence-electron chi connectivity index (χ1n) is 8.25. The van der Waals surface area contributed by atoms with Gasteiger partial charge in [0.25, 0.3) is 0 Å². The monoisotopic (exact) mass is 348 g/mol. The van der Waals surface area contributed by atoms with Crippen LogP contribution in [0.25, 0.3) is 0 Å². The summed E-state index contributed by atoms with van der Waals surface area (Å²) >= 11 is 5.59. The molecule has 24 heavy (non-hydrogen) atoms. The number of nitrogens with one attached hydrogen (secondary N) is 1. The van der Waals surface area contributed by atoms with Crippen molar-refractivity contribution in [2.75, 3.05) is 11.9 Å². The first-order chi connectivity index (χ1) is 11.4. The number of halogens is 1. The summed E-state index contributed by atoms with van der Waals surface area (Å²) in [6.45, 7) is 8.97. The van der Waals surface area contributed by atoms with Crippen LogP contribution in [0.4, 0.5) is 10.1 Å². The lowest BCUT2D eigenvalue weighted by atomic mass is 10.1. The minimum absolute atomic E-state index is 0.00838. The van der Waals surface area contributed by atoms with Crippen molar-refractivity contribution in [1.82, 2.24) is 4.90 Å². The predicted molar refractivity (Wildman–Crippen MR) is 101 cm³/mol. The average Bonchev–Trinajstić information content (AvgIpc) is 3.05. The highest BCUT2D eigenvalue weighted by Gasteiger charge is 2.21. The number of aryl methyl sites for hydroxylation is 1. The molecule has 1 N–H and O–H groups in total. The first-order valence-corrected chi connectivity index (χ1v) is 8.66. The molecular weight excluding hydrogens is 323 g/mol. The van der Waals surface area contributed by atoms with Crippen LogP contribution in [-0.2, 0) is 0 Å². The van der Waals surface area contributed by atoms with Crippen molar-refractivity contribution < 1.29 is 8.81 Å². The molecule has 0 saturated carbocycles. The molecule has 2 aromatic rings. The van der Waals surface area contributed by atoms with E-state index in [-0.39, 0.29) is 11.9 Å². The van der Waals surface area contributed by atoms with Crippen molar-refractivity contribution in [3.05, 3.63) is 53.7 Å². The van der Waals surface area contributed by atoms with Crippen LogP contribution in [-0.4, -0.2) is 16.6 Å². The van der Waals surface area contributed by atoms with Crippen molar-refractivity contribution in [2.24, 2.45) is 5.92 Å². The summed E-state index contributed by atoms with van der Waals surface area (Å²) in [7, 11) is 0. The third-order valence-electron chi connectivity index (χ3n) is 4.05. The van der Waals surface area contributed by atoms with Crippen molar-refractivity contribution in [1.29, 1.82) is 0 Å². The lowest BCUT2D eigenvalue weighted by Crippen LogP contribution is -2.38. The van der Waals surface area contributed by atoms with Crippen molar-refractivity contribution in [3.63, 3.8) is 0 Å². The van der Waals surface area contributed by atoms with E-state index in [2.05, 4.69) is 31.0 Å². The molecule has 0 radical (unpaired) electrons. The highest BCUT2D eigenvalue weighted by atomic mass is 32.1. The van der Waals surface area contributed by atoms with Gasteiger partial charge in [-0.05, 0) is 68.2 Å². The minimum Gasteiger partial charge on any atom is -0.467 e. The van der Waals surface area contributed by atoms with Crippen LogP contribution in [0.15, 0.2) is 41.0 Å². The molecule has 0 aliphatic rings. The Morgan fingerprint density at radius 2 is 2.04 bits per heavy atom. The third-order valence-corrected chi connectivity index (χ3v) is 4.39. The van der Waals surface area contributed by atoms with Gasteiger partial charge < -0.3 is 14.6 Å². The van der Waals surface area contributed by atoms with Crippen molar-refractivity contribution >= 4 is 23.0 Å². The highest BCUT2D eigenvalue weighted by Crippen LogP contribution is 2.23. The summed E-state index contributed by atoms with van der Waals surface area (Å²) in [5, 5.41) is 3.72. The van der Waals surface area contributed by atoms with E-state index < -0.39 is 0 Å². The maximum absolute atomic E-state index is 13.8. The predicted octanol–water partition coefficient (Wildman–Crippen LogP) is 5.53. The van der Waals surface area contributed by atoms with Gasteiger partial charge in [-0.15, -0.1) is 0 Å². The molecule has 3 nitrogen and oxygen atoms in total. The van der Waals surface area contributed by atoms with Gasteiger partial charge in [0.1, 0.15) is 11.6 Å². The summed E-state index contributed by atoms with van der Waals surface area (Å²) in [6, 6.07) is 8.88. The van der Waals surface area contributed by atoms with Gasteiger partial charge in [0.15, 0.2) is 5.11 Å². The molecule has 1 heterocycles. The SMILES string of the molecule is Cc1ccc(NC(=S)N(CCC(C)C)[C@H](C)c2ccco2)cc1F. The summed E-state index contributed by atoms with van der Waals surface area (Å²) in [5.41, 5.74) is 1.27. The van der Waals surface area contributed by atoms with E-state index in [1.807, 2.05) is 18.2 Å². The van der Waals surface area contributed by atoms with Crippen LogP contribution in [0.1, 0.15) is 44.6 Å². The lowest BCUT2D eigenvalue weighted by Gasteiger charge is -2.31. The van der Waals surface area contributed by atoms with Crippen molar-refractivity contribution in [3.8, 4) is 0 Å². The highest BCUT2D eigenvalue weighted by molar-refractivity contribution is 7.80. The molecule has 130 valence electrons. The largest absolute Gasteiger partial charge is 0.467 e. The molecule has 1 aromatic heterocycles. The number of furan rings is 1. The molecule has 0 fully saturated rings. The fourth-order valence-electron chi connectivity index (χ4n) is 2.42. The fraction of sp³-hybridized carbons (Fsp3) is 0.421. The molecule has 5 heteroatoms. The fourth-order valence-corrected chi connectivity index (χ4v) is 2.78. The zero-order valence-electron chi connectivity index (χ0n) is 14.7. The molecule has 0 unspecified atom stereocenters. The van der Waals surface area contributed by atoms with Crippen molar-refractivity contribution in [2.45, 2.75) is 40.2 Å². The van der Waals surface area contributed by atoms with Crippen LogP contribution in [0.3, 0.4) is 0 Å². The molecule has 1 aromatic carbocycles. The molecule has 0 saturated heterocycles. The van der Waals surface area contributed by atoms with E-state index in [1.54, 1.807) is 19.3 Å². The number of nitrogens with zero attached hydrogens (tertiary/aromatic N) is 1. The van der Waals surface area contributed by atoms with Crippen LogP contribution >= 0.6 is 12.2 Å². The quantitative estimate of drug-likeness (QED) is 0.695. The van der Waals surface area contributed by atoms with Crippen LogP contribution < -0.4 is 5.32 Å². The lowest BCUT2D eigenvalue weighted by molar-refractivity contribution is 0.281. The average molecular weight is 348 g/mol. The van der Waals surface area contributed by atoms with E-state index in [9.17, 15) is 4.39 Å². The van der Waals surface area contributed by atoms with Crippen LogP contribution in [0.5, 0.6) is 0 Å². The normalized spacial score (nSPS) is 12.2. The van der Waals surface area contributed by atoms with E-state index in [0.717, 1.165) is 18.7 Å². The molecule has 1 atom stereocenters. The second-order valence-corrected chi connectivity index (χ2v) is 6.85. The second kappa shape index (κ2) is 8.29. The zero-order chi connectivity index (χ0) is 17.7. The van der Waals surface area contributed by atoms with Crippen LogP contribution in [0, 0.1) is 18.7 Å². The standard InChI is InChI=1S/C19H25FN2OS/c1-13(2)9-10-22(15(4)18-6-5-11-23-18)19(24)21-16-8-7-14(3)17(20)12-16/h5-8,11-13,15H,9-10H2,1-4H3,(H,21,24)/t15-/m1/s1. The summed E-state index contributed by atoms with van der Waals surface area (Å²) in [6.07, 6.45) is 2.67. The number of benzene rings is 1. The molecule has 0 spiro atoms. The van der Waals surface area contributed by atoms with E-state index in [0.29, 0.717) is 22.3 Å². The van der Waals surface area contributed by atoms with Gasteiger partial charge in [-0.3, -0.25) is 0 Å². The summed E-state index contributed by atoms with van der Waals surface area (Å²) < 4.78 is 19.3. The zero-order valence-corrected chi connectivity index (χ0v) is 15.5. The van der Waals surface area contributed by atoms with Gasteiger partial charge in [-0.1, -0.05) is 19.9 Å². The molecule has 0 bridgehead atoms. The Morgan fingerprint density at radius 1 is 1.29 bits per heavy atom.